The molecule has 2 heterocycles. The molecule has 0 aliphatic carbocycles. The predicted octanol–water partition coefficient (Wildman–Crippen LogP) is 2.67. The van der Waals surface area contributed by atoms with Gasteiger partial charge in [-0.3, -0.25) is 10.1 Å². The van der Waals surface area contributed by atoms with Crippen molar-refractivity contribution in [1.29, 1.82) is 0 Å². The molecule has 1 aliphatic rings. The first kappa shape index (κ1) is 17.5. The maximum absolute atomic E-state index is 4.48. The molecule has 1 unspecified atom stereocenters. The molecule has 0 radical (unpaired) electrons. The maximum atomic E-state index is 4.48. The zero-order chi connectivity index (χ0) is 17.6. The Morgan fingerprint density at radius 1 is 1.40 bits per heavy atom. The summed E-state index contributed by atoms with van der Waals surface area (Å²) in [6, 6.07) is 8.73. The summed E-state index contributed by atoms with van der Waals surface area (Å²) in [6.07, 6.45) is 3.74. The fourth-order valence-corrected chi connectivity index (χ4v) is 3.45. The highest BCUT2D eigenvalue weighted by atomic mass is 15.3. The minimum atomic E-state index is 0.448. The Labute approximate surface area is 149 Å². The van der Waals surface area contributed by atoms with Gasteiger partial charge >= 0.3 is 0 Å². The van der Waals surface area contributed by atoms with Crippen LogP contribution in [0.2, 0.25) is 0 Å². The van der Waals surface area contributed by atoms with Crippen LogP contribution in [0.1, 0.15) is 48.6 Å². The summed E-state index contributed by atoms with van der Waals surface area (Å²) in [5, 5.41) is 10.5. The normalized spacial score (nSPS) is 17.6. The summed E-state index contributed by atoms with van der Waals surface area (Å²) < 4.78 is 0. The van der Waals surface area contributed by atoms with Gasteiger partial charge in [0.25, 0.3) is 0 Å². The summed E-state index contributed by atoms with van der Waals surface area (Å²) in [5.41, 5.74) is 2.68. The second-order valence-electron chi connectivity index (χ2n) is 6.88. The van der Waals surface area contributed by atoms with Crippen molar-refractivity contribution in [3.63, 3.8) is 0 Å². The molecule has 1 aromatic carbocycles. The molecular weight excluding hydrogens is 312 g/mol. The van der Waals surface area contributed by atoms with Crippen molar-refractivity contribution < 1.29 is 0 Å². The van der Waals surface area contributed by atoms with E-state index in [-0.39, 0.29) is 0 Å². The zero-order valence-electron chi connectivity index (χ0n) is 15.4. The van der Waals surface area contributed by atoms with Gasteiger partial charge in [-0.15, -0.1) is 0 Å². The monoisotopic (exact) mass is 340 g/mol. The SMILES string of the molecule is CN=C(NCC(C)c1cccc(C)c1)N1CCC(c2ncn[nH]2)CC1. The number of piperidine rings is 1. The number of aromatic amines is 1. The molecule has 6 nitrogen and oxygen atoms in total. The molecule has 1 atom stereocenters. The number of hydrogen-bond donors (Lipinski definition) is 2. The van der Waals surface area contributed by atoms with Crippen LogP contribution in [0.15, 0.2) is 35.6 Å². The number of aromatic nitrogens is 3. The quantitative estimate of drug-likeness (QED) is 0.663. The molecule has 2 N–H and O–H groups in total. The van der Waals surface area contributed by atoms with Crippen LogP contribution in [0.3, 0.4) is 0 Å². The molecule has 25 heavy (non-hydrogen) atoms. The lowest BCUT2D eigenvalue weighted by Crippen LogP contribution is -2.46. The Bertz CT molecular complexity index is 686. The van der Waals surface area contributed by atoms with Crippen molar-refractivity contribution in [3.05, 3.63) is 47.5 Å². The number of hydrogen-bond acceptors (Lipinski definition) is 3. The average Bonchev–Trinajstić information content (AvgIpc) is 3.17. The molecule has 1 aromatic heterocycles. The van der Waals surface area contributed by atoms with Gasteiger partial charge < -0.3 is 10.2 Å². The van der Waals surface area contributed by atoms with E-state index in [9.17, 15) is 0 Å². The Balaban J connectivity index is 1.51. The lowest BCUT2D eigenvalue weighted by molar-refractivity contribution is 0.298. The van der Waals surface area contributed by atoms with Crippen LogP contribution in [0.4, 0.5) is 0 Å². The van der Waals surface area contributed by atoms with Crippen molar-refractivity contribution in [2.45, 2.75) is 38.5 Å². The summed E-state index contributed by atoms with van der Waals surface area (Å²) in [6.45, 7) is 7.26. The third-order valence-corrected chi connectivity index (χ3v) is 5.00. The molecular formula is C19H28N6. The van der Waals surface area contributed by atoms with Crippen molar-refractivity contribution in [2.75, 3.05) is 26.7 Å². The van der Waals surface area contributed by atoms with Gasteiger partial charge in [0, 0.05) is 32.6 Å². The van der Waals surface area contributed by atoms with Crippen LogP contribution in [0, 0.1) is 6.92 Å². The van der Waals surface area contributed by atoms with Gasteiger partial charge in [-0.2, -0.15) is 5.10 Å². The number of nitrogens with one attached hydrogen (secondary N) is 2. The largest absolute Gasteiger partial charge is 0.356 e. The molecule has 0 spiro atoms. The van der Waals surface area contributed by atoms with E-state index in [1.807, 2.05) is 7.05 Å². The van der Waals surface area contributed by atoms with E-state index < -0.39 is 0 Å². The zero-order valence-corrected chi connectivity index (χ0v) is 15.4. The van der Waals surface area contributed by atoms with Crippen molar-refractivity contribution >= 4 is 5.96 Å². The number of nitrogens with zero attached hydrogens (tertiary/aromatic N) is 4. The predicted molar refractivity (Wildman–Crippen MR) is 101 cm³/mol. The van der Waals surface area contributed by atoms with E-state index in [0.29, 0.717) is 11.8 Å². The van der Waals surface area contributed by atoms with Crippen molar-refractivity contribution in [2.24, 2.45) is 4.99 Å². The van der Waals surface area contributed by atoms with Crippen LogP contribution in [-0.4, -0.2) is 52.7 Å². The minimum Gasteiger partial charge on any atom is -0.356 e. The van der Waals surface area contributed by atoms with Crippen LogP contribution in [-0.2, 0) is 0 Å². The smallest absolute Gasteiger partial charge is 0.193 e. The molecule has 1 aliphatic heterocycles. The van der Waals surface area contributed by atoms with Gasteiger partial charge in [-0.1, -0.05) is 36.8 Å². The average molecular weight is 340 g/mol. The van der Waals surface area contributed by atoms with Gasteiger partial charge in [0.2, 0.25) is 0 Å². The minimum absolute atomic E-state index is 0.448. The van der Waals surface area contributed by atoms with Gasteiger partial charge in [0.05, 0.1) is 0 Å². The topological polar surface area (TPSA) is 69.2 Å². The number of benzene rings is 1. The Morgan fingerprint density at radius 3 is 2.84 bits per heavy atom. The highest BCUT2D eigenvalue weighted by Crippen LogP contribution is 2.25. The lowest BCUT2D eigenvalue weighted by Gasteiger charge is -2.33. The molecule has 0 amide bonds. The summed E-state index contributed by atoms with van der Waals surface area (Å²) in [7, 11) is 1.86. The van der Waals surface area contributed by atoms with Crippen LogP contribution in [0.5, 0.6) is 0 Å². The third kappa shape index (κ3) is 4.38. The van der Waals surface area contributed by atoms with Crippen LogP contribution in [0.25, 0.3) is 0 Å². The second kappa shape index (κ2) is 8.14. The number of aliphatic imine (C=N–C) groups is 1. The van der Waals surface area contributed by atoms with E-state index in [2.05, 4.69) is 68.5 Å². The standard InChI is InChI=1S/C19H28N6/c1-14-5-4-6-17(11-14)15(2)12-21-19(20-3)25-9-7-16(8-10-25)18-22-13-23-24-18/h4-6,11,13,15-16H,7-10,12H2,1-3H3,(H,20,21)(H,22,23,24). The molecule has 6 heteroatoms. The molecule has 134 valence electrons. The first-order valence-electron chi connectivity index (χ1n) is 9.04. The molecule has 0 saturated carbocycles. The van der Waals surface area contributed by atoms with E-state index in [1.54, 1.807) is 6.33 Å². The summed E-state index contributed by atoms with van der Waals surface area (Å²) in [5.74, 6) is 2.93. The maximum Gasteiger partial charge on any atom is 0.193 e. The van der Waals surface area contributed by atoms with E-state index in [4.69, 9.17) is 0 Å². The Hall–Kier alpha value is -2.37. The highest BCUT2D eigenvalue weighted by Gasteiger charge is 2.24. The summed E-state index contributed by atoms with van der Waals surface area (Å²) >= 11 is 0. The van der Waals surface area contributed by atoms with E-state index >= 15 is 0 Å². The van der Waals surface area contributed by atoms with E-state index in [0.717, 1.165) is 44.3 Å². The van der Waals surface area contributed by atoms with Gasteiger partial charge in [-0.05, 0) is 31.2 Å². The van der Waals surface area contributed by atoms with Crippen LogP contribution < -0.4 is 5.32 Å². The number of likely N-dealkylation sites (tertiary alicyclic amines) is 1. The van der Waals surface area contributed by atoms with Crippen molar-refractivity contribution in [3.8, 4) is 0 Å². The first-order valence-corrected chi connectivity index (χ1v) is 9.04. The number of guanidine groups is 1. The Morgan fingerprint density at radius 2 is 2.20 bits per heavy atom. The molecule has 1 saturated heterocycles. The third-order valence-electron chi connectivity index (χ3n) is 5.00. The number of aryl methyl sites for hydroxylation is 1. The summed E-state index contributed by atoms with van der Waals surface area (Å²) in [4.78, 5) is 11.1. The van der Waals surface area contributed by atoms with Crippen molar-refractivity contribution in [1.82, 2.24) is 25.4 Å². The number of H-pyrrole nitrogens is 1. The lowest BCUT2D eigenvalue weighted by atomic mass is 9.96. The highest BCUT2D eigenvalue weighted by molar-refractivity contribution is 5.80. The van der Waals surface area contributed by atoms with Crippen LogP contribution >= 0.6 is 0 Å². The fourth-order valence-electron chi connectivity index (χ4n) is 3.45. The Kier molecular flexibility index (Phi) is 5.68. The van der Waals surface area contributed by atoms with E-state index in [1.165, 1.54) is 11.1 Å². The molecule has 2 aromatic rings. The molecule has 3 rings (SSSR count). The second-order valence-corrected chi connectivity index (χ2v) is 6.88. The number of rotatable bonds is 4. The molecule has 0 bridgehead atoms. The van der Waals surface area contributed by atoms with Gasteiger partial charge in [0.15, 0.2) is 5.96 Å². The van der Waals surface area contributed by atoms with Gasteiger partial charge in [0.1, 0.15) is 12.2 Å². The molecule has 1 fully saturated rings. The van der Waals surface area contributed by atoms with Gasteiger partial charge in [-0.25, -0.2) is 4.98 Å². The fraction of sp³-hybridized carbons (Fsp3) is 0.526. The first-order chi connectivity index (χ1) is 12.2.